The van der Waals surface area contributed by atoms with Gasteiger partial charge in [0.2, 0.25) is 0 Å². The normalized spacial score (nSPS) is 30.6. The number of nitrogens with one attached hydrogen (secondary N) is 1. The van der Waals surface area contributed by atoms with Gasteiger partial charge in [0.25, 0.3) is 0 Å². The Labute approximate surface area is 205 Å². The van der Waals surface area contributed by atoms with Crippen molar-refractivity contribution in [2.45, 2.75) is 23.7 Å². The van der Waals surface area contributed by atoms with Gasteiger partial charge in [-0.3, -0.25) is 14.8 Å². The van der Waals surface area contributed by atoms with E-state index in [4.69, 9.17) is 26.1 Å². The summed E-state index contributed by atoms with van der Waals surface area (Å²) in [5, 5.41) is 6.11. The lowest BCUT2D eigenvalue weighted by Crippen LogP contribution is -2.91. The fourth-order valence-corrected chi connectivity index (χ4v) is 6.63. The first-order chi connectivity index (χ1) is 16.4. The second-order valence-electron chi connectivity index (χ2n) is 8.98. The van der Waals surface area contributed by atoms with Gasteiger partial charge < -0.3 is 14.8 Å². The Morgan fingerprint density at radius 1 is 1.44 bits per heavy atom. The molecule has 6 rings (SSSR count). The molecule has 0 bridgehead atoms. The first kappa shape index (κ1) is 22.1. The van der Waals surface area contributed by atoms with Crippen LogP contribution in [0.3, 0.4) is 0 Å². The van der Waals surface area contributed by atoms with Gasteiger partial charge >= 0.3 is 5.97 Å². The molecule has 2 aromatic rings. The number of aromatic nitrogens is 1. The molecule has 4 aliphatic rings. The van der Waals surface area contributed by atoms with Crippen molar-refractivity contribution in [2.24, 2.45) is 4.99 Å². The van der Waals surface area contributed by atoms with E-state index in [0.717, 1.165) is 13.2 Å². The standard InChI is InChI=1S/C23H23ClFN5O3S/c1-29-9-16-23(29)11-33-10-17(23)30(16)8-15-18(22(31)32-2)19(13-4-3-12(25)7-14(13)24)28-20(27-15)21-26-5-6-34-21/h3-7,16-17,19H,8-11H2,1-2H3,(H,27,28). The van der Waals surface area contributed by atoms with Gasteiger partial charge in [-0.05, 0) is 19.2 Å². The Hall–Kier alpha value is -2.37. The van der Waals surface area contributed by atoms with Crippen LogP contribution in [0.15, 0.2) is 46.0 Å². The molecule has 4 unspecified atom stereocenters. The minimum absolute atomic E-state index is 0.0621. The number of ether oxygens (including phenoxy) is 2. The number of hydrogen-bond acceptors (Lipinski definition) is 9. The summed E-state index contributed by atoms with van der Waals surface area (Å²) in [6, 6.07) is 3.96. The van der Waals surface area contributed by atoms with Crippen LogP contribution in [0, 0.1) is 5.82 Å². The highest BCUT2D eigenvalue weighted by molar-refractivity contribution is 7.11. The number of rotatable bonds is 5. The minimum atomic E-state index is -0.759. The Bertz CT molecular complexity index is 1220. The zero-order valence-corrected chi connectivity index (χ0v) is 20.2. The quantitative estimate of drug-likeness (QED) is 0.627. The second kappa shape index (κ2) is 8.10. The highest BCUT2D eigenvalue weighted by Crippen LogP contribution is 2.52. The number of carbonyl (C=O) groups is 1. The second-order valence-corrected chi connectivity index (χ2v) is 10.3. The summed E-state index contributed by atoms with van der Waals surface area (Å²) >= 11 is 7.87. The third-order valence-electron chi connectivity index (χ3n) is 7.49. The van der Waals surface area contributed by atoms with Crippen molar-refractivity contribution in [2.75, 3.05) is 40.5 Å². The zero-order valence-electron chi connectivity index (χ0n) is 18.6. The van der Waals surface area contributed by atoms with Gasteiger partial charge in [0.1, 0.15) is 11.9 Å². The molecule has 5 heterocycles. The number of halogens is 2. The molecule has 3 saturated heterocycles. The maximum absolute atomic E-state index is 13.8. The van der Waals surface area contributed by atoms with E-state index in [2.05, 4.69) is 27.1 Å². The lowest BCUT2D eigenvalue weighted by Gasteiger charge is -2.71. The minimum Gasteiger partial charge on any atom is -0.466 e. The summed E-state index contributed by atoms with van der Waals surface area (Å²) in [6.45, 7) is 2.83. The highest BCUT2D eigenvalue weighted by Gasteiger charge is 2.71. The Balaban J connectivity index is 1.43. The van der Waals surface area contributed by atoms with Gasteiger partial charge in [0.05, 0.1) is 37.5 Å². The van der Waals surface area contributed by atoms with Crippen molar-refractivity contribution < 1.29 is 18.7 Å². The number of amidine groups is 1. The molecule has 0 radical (unpaired) electrons. The number of piperazine rings is 1. The lowest BCUT2D eigenvalue weighted by molar-refractivity contribution is -0.209. The lowest BCUT2D eigenvalue weighted by atomic mass is 9.66. The number of likely N-dealkylation sites (N-methyl/N-ethyl adjacent to an activating group) is 1. The first-order valence-corrected chi connectivity index (χ1v) is 12.3. The maximum Gasteiger partial charge on any atom is 0.338 e. The molecule has 1 spiro atoms. The molecule has 34 heavy (non-hydrogen) atoms. The fourth-order valence-electron chi connectivity index (χ4n) is 5.77. The number of benzene rings is 1. The average molecular weight is 504 g/mol. The predicted octanol–water partition coefficient (Wildman–Crippen LogP) is 2.22. The largest absolute Gasteiger partial charge is 0.466 e. The van der Waals surface area contributed by atoms with E-state index in [1.54, 1.807) is 12.3 Å². The summed E-state index contributed by atoms with van der Waals surface area (Å²) in [5.41, 5.74) is 1.64. The van der Waals surface area contributed by atoms with Crippen molar-refractivity contribution in [1.82, 2.24) is 20.1 Å². The van der Waals surface area contributed by atoms with E-state index < -0.39 is 17.8 Å². The van der Waals surface area contributed by atoms with E-state index >= 15 is 0 Å². The van der Waals surface area contributed by atoms with Gasteiger partial charge in [0, 0.05) is 47.0 Å². The van der Waals surface area contributed by atoms with Crippen LogP contribution < -0.4 is 5.32 Å². The fraction of sp³-hybridized carbons (Fsp3) is 0.435. The topological polar surface area (TPSA) is 79.3 Å². The van der Waals surface area contributed by atoms with Gasteiger partial charge in [-0.25, -0.2) is 14.2 Å². The zero-order chi connectivity index (χ0) is 23.6. The Morgan fingerprint density at radius 2 is 2.29 bits per heavy atom. The Kier molecular flexibility index (Phi) is 5.27. The number of hydrogen-bond donors (Lipinski definition) is 1. The van der Waals surface area contributed by atoms with Gasteiger partial charge in [0.15, 0.2) is 10.8 Å². The van der Waals surface area contributed by atoms with Gasteiger partial charge in [-0.15, -0.1) is 11.3 Å². The van der Waals surface area contributed by atoms with Crippen LogP contribution in [0.25, 0.3) is 0 Å². The number of aliphatic imine (C=N–C) groups is 1. The molecule has 8 nitrogen and oxygen atoms in total. The molecule has 11 heteroatoms. The van der Waals surface area contributed by atoms with Crippen molar-refractivity contribution in [3.63, 3.8) is 0 Å². The first-order valence-electron chi connectivity index (χ1n) is 11.0. The molecule has 4 atom stereocenters. The van der Waals surface area contributed by atoms with Crippen LogP contribution >= 0.6 is 22.9 Å². The summed E-state index contributed by atoms with van der Waals surface area (Å²) in [4.78, 5) is 27.0. The van der Waals surface area contributed by atoms with Gasteiger partial charge in [-0.2, -0.15) is 0 Å². The van der Waals surface area contributed by atoms with Crippen molar-refractivity contribution in [1.29, 1.82) is 0 Å². The number of esters is 1. The Morgan fingerprint density at radius 3 is 3.00 bits per heavy atom. The summed E-state index contributed by atoms with van der Waals surface area (Å²) in [6.07, 6.45) is 1.70. The van der Waals surface area contributed by atoms with E-state index in [9.17, 15) is 9.18 Å². The molecular weight excluding hydrogens is 481 g/mol. The summed E-state index contributed by atoms with van der Waals surface area (Å²) < 4.78 is 24.8. The summed E-state index contributed by atoms with van der Waals surface area (Å²) in [5.74, 6) is -0.416. The van der Waals surface area contributed by atoms with E-state index in [-0.39, 0.29) is 16.6 Å². The molecule has 1 aromatic carbocycles. The molecule has 1 aromatic heterocycles. The number of carbonyl (C=O) groups excluding carboxylic acids is 1. The summed E-state index contributed by atoms with van der Waals surface area (Å²) in [7, 11) is 3.48. The SMILES string of the molecule is COC(=O)C1=C(CN2C3COCC34C2CN4C)NC(c2nccs2)=NC1c1ccc(F)cc1Cl. The van der Waals surface area contributed by atoms with Crippen molar-refractivity contribution in [3.05, 3.63) is 62.5 Å². The van der Waals surface area contributed by atoms with Gasteiger partial charge in [-0.1, -0.05) is 17.7 Å². The third kappa shape index (κ3) is 3.09. The smallest absolute Gasteiger partial charge is 0.338 e. The van der Waals surface area contributed by atoms with Crippen molar-refractivity contribution in [3.8, 4) is 0 Å². The highest BCUT2D eigenvalue weighted by atomic mass is 35.5. The molecule has 4 aliphatic heterocycles. The van der Waals surface area contributed by atoms with E-state index in [1.807, 2.05) is 5.38 Å². The number of methoxy groups -OCH3 is 1. The van der Waals surface area contributed by atoms with Crippen LogP contribution in [0.2, 0.25) is 5.02 Å². The third-order valence-corrected chi connectivity index (χ3v) is 8.59. The van der Waals surface area contributed by atoms with Crippen LogP contribution in [0.1, 0.15) is 16.6 Å². The van der Waals surface area contributed by atoms with Crippen molar-refractivity contribution >= 4 is 34.7 Å². The number of nitrogens with zero attached hydrogens (tertiary/aromatic N) is 4. The van der Waals surface area contributed by atoms with Crippen LogP contribution in [0.5, 0.6) is 0 Å². The van der Waals surface area contributed by atoms with Crippen LogP contribution in [-0.2, 0) is 14.3 Å². The average Bonchev–Trinajstić information content (AvgIpc) is 3.50. The monoisotopic (exact) mass is 503 g/mol. The van der Waals surface area contributed by atoms with E-state index in [0.29, 0.717) is 46.9 Å². The van der Waals surface area contributed by atoms with Crippen LogP contribution in [0.4, 0.5) is 4.39 Å². The number of thiazole rings is 1. The van der Waals surface area contributed by atoms with Crippen LogP contribution in [-0.4, -0.2) is 84.7 Å². The predicted molar refractivity (Wildman–Crippen MR) is 125 cm³/mol. The molecule has 3 fully saturated rings. The molecule has 0 saturated carbocycles. The van der Waals surface area contributed by atoms with E-state index in [1.165, 1.54) is 30.6 Å². The molecule has 178 valence electrons. The molecule has 0 aliphatic carbocycles. The number of likely N-dealkylation sites (tertiary alicyclic amines) is 2. The maximum atomic E-state index is 13.8. The molecule has 0 amide bonds. The molecular formula is C23H23ClFN5O3S. The molecule has 1 N–H and O–H groups in total.